The van der Waals surface area contributed by atoms with Gasteiger partial charge in [-0.2, -0.15) is 0 Å². The van der Waals surface area contributed by atoms with Gasteiger partial charge in [-0.3, -0.25) is 10.1 Å². The normalized spacial score (nSPS) is 14.0. The molecule has 0 unspecified atom stereocenters. The number of benzene rings is 1. The van der Waals surface area contributed by atoms with Crippen LogP contribution < -0.4 is 4.74 Å². The summed E-state index contributed by atoms with van der Waals surface area (Å²) in [6, 6.07) is 6.58. The summed E-state index contributed by atoms with van der Waals surface area (Å²) in [5.41, 5.74) is 0.0646. The molecule has 1 fully saturated rings. The molecular formula is C13H15N5O3S. The molecule has 1 aromatic heterocycles. The first kappa shape index (κ1) is 14.8. The lowest BCUT2D eigenvalue weighted by Gasteiger charge is -2.05. The van der Waals surface area contributed by atoms with Crippen molar-refractivity contribution in [3.8, 4) is 5.75 Å². The van der Waals surface area contributed by atoms with E-state index >= 15 is 0 Å². The number of nitro benzene ring substituents is 1. The molecule has 1 aliphatic carbocycles. The van der Waals surface area contributed by atoms with Crippen LogP contribution in [0.1, 0.15) is 25.3 Å². The van der Waals surface area contributed by atoms with Crippen molar-refractivity contribution in [1.29, 1.82) is 0 Å². The third-order valence-electron chi connectivity index (χ3n) is 3.19. The molecule has 1 saturated carbocycles. The number of hydrogen-bond donors (Lipinski definition) is 0. The summed E-state index contributed by atoms with van der Waals surface area (Å²) in [7, 11) is 0. The average molecular weight is 321 g/mol. The van der Waals surface area contributed by atoms with Crippen LogP contribution >= 0.6 is 11.8 Å². The molecule has 0 bridgehead atoms. The van der Waals surface area contributed by atoms with E-state index in [4.69, 9.17) is 4.74 Å². The van der Waals surface area contributed by atoms with Crippen molar-refractivity contribution in [2.24, 2.45) is 0 Å². The summed E-state index contributed by atoms with van der Waals surface area (Å²) in [4.78, 5) is 10.1. The molecule has 1 aliphatic rings. The molecule has 0 amide bonds. The minimum atomic E-state index is -0.426. The van der Waals surface area contributed by atoms with Gasteiger partial charge < -0.3 is 4.74 Å². The summed E-state index contributed by atoms with van der Waals surface area (Å²) in [5, 5.41) is 23.1. The smallest absolute Gasteiger partial charge is 0.269 e. The van der Waals surface area contributed by atoms with Crippen LogP contribution in [0.2, 0.25) is 0 Å². The maximum Gasteiger partial charge on any atom is 0.269 e. The molecule has 8 nitrogen and oxygen atoms in total. The van der Waals surface area contributed by atoms with E-state index in [0.29, 0.717) is 18.4 Å². The van der Waals surface area contributed by atoms with Crippen molar-refractivity contribution in [1.82, 2.24) is 20.2 Å². The number of nitrogens with zero attached hydrogens (tertiary/aromatic N) is 5. The van der Waals surface area contributed by atoms with Gasteiger partial charge in [-0.05, 0) is 41.8 Å². The number of thioether (sulfide) groups is 1. The van der Waals surface area contributed by atoms with E-state index in [-0.39, 0.29) is 5.69 Å². The van der Waals surface area contributed by atoms with Crippen molar-refractivity contribution < 1.29 is 9.66 Å². The van der Waals surface area contributed by atoms with Gasteiger partial charge in [-0.1, -0.05) is 11.8 Å². The van der Waals surface area contributed by atoms with E-state index < -0.39 is 4.92 Å². The third-order valence-corrected chi connectivity index (χ3v) is 4.21. The fourth-order valence-electron chi connectivity index (χ4n) is 1.91. The lowest BCUT2D eigenvalue weighted by molar-refractivity contribution is -0.384. The molecule has 1 heterocycles. The Morgan fingerprint density at radius 1 is 1.36 bits per heavy atom. The predicted molar refractivity (Wildman–Crippen MR) is 80.0 cm³/mol. The Labute approximate surface area is 131 Å². The van der Waals surface area contributed by atoms with Gasteiger partial charge in [0.05, 0.1) is 17.6 Å². The number of nitro groups is 1. The Morgan fingerprint density at radius 2 is 2.14 bits per heavy atom. The maximum atomic E-state index is 10.5. The topological polar surface area (TPSA) is 96.0 Å². The second kappa shape index (κ2) is 6.73. The first-order valence-electron chi connectivity index (χ1n) is 7.02. The van der Waals surface area contributed by atoms with Crippen molar-refractivity contribution in [2.75, 3.05) is 12.4 Å². The zero-order valence-corrected chi connectivity index (χ0v) is 12.6. The number of rotatable bonds is 8. The Kier molecular flexibility index (Phi) is 4.52. The minimum Gasteiger partial charge on any atom is -0.494 e. The fraction of sp³-hybridized carbons (Fsp3) is 0.462. The number of tetrazole rings is 1. The SMILES string of the molecule is O=[N+]([O-])c1ccc(OCCCSc2nnnn2C2CC2)cc1. The number of aromatic nitrogens is 4. The molecule has 0 spiro atoms. The molecule has 9 heteroatoms. The first-order valence-corrected chi connectivity index (χ1v) is 8.00. The van der Waals surface area contributed by atoms with Crippen LogP contribution in [0.15, 0.2) is 29.4 Å². The number of ether oxygens (including phenoxy) is 1. The molecular weight excluding hydrogens is 306 g/mol. The summed E-state index contributed by atoms with van der Waals surface area (Å²) in [6.07, 6.45) is 3.16. The quantitative estimate of drug-likeness (QED) is 0.319. The lowest BCUT2D eigenvalue weighted by Crippen LogP contribution is -2.01. The Bertz CT molecular complexity index is 641. The van der Waals surface area contributed by atoms with Crippen LogP contribution in [0.3, 0.4) is 0 Å². The molecule has 1 aromatic carbocycles. The van der Waals surface area contributed by atoms with Gasteiger partial charge in [0.25, 0.3) is 5.69 Å². The van der Waals surface area contributed by atoms with E-state index in [0.717, 1.165) is 30.2 Å². The summed E-state index contributed by atoms with van der Waals surface area (Å²) in [6.45, 7) is 0.551. The second-order valence-electron chi connectivity index (χ2n) is 4.94. The predicted octanol–water partition coefficient (Wildman–Crippen LogP) is 2.48. The molecule has 3 rings (SSSR count). The van der Waals surface area contributed by atoms with Crippen molar-refractivity contribution in [3.63, 3.8) is 0 Å². The lowest BCUT2D eigenvalue weighted by atomic mass is 10.3. The highest BCUT2D eigenvalue weighted by Gasteiger charge is 2.27. The highest BCUT2D eigenvalue weighted by atomic mass is 32.2. The molecule has 0 N–H and O–H groups in total. The first-order chi connectivity index (χ1) is 10.7. The molecule has 22 heavy (non-hydrogen) atoms. The van der Waals surface area contributed by atoms with E-state index in [1.54, 1.807) is 23.9 Å². The average Bonchev–Trinajstić information content (AvgIpc) is 3.26. The highest BCUT2D eigenvalue weighted by molar-refractivity contribution is 7.99. The van der Waals surface area contributed by atoms with Crippen LogP contribution in [0.5, 0.6) is 5.75 Å². The van der Waals surface area contributed by atoms with Crippen LogP contribution in [0.25, 0.3) is 0 Å². The Morgan fingerprint density at radius 3 is 2.82 bits per heavy atom. The minimum absolute atomic E-state index is 0.0646. The summed E-state index contributed by atoms with van der Waals surface area (Å²) in [5.74, 6) is 1.50. The Balaban J connectivity index is 1.38. The zero-order valence-electron chi connectivity index (χ0n) is 11.8. The van der Waals surface area contributed by atoms with Crippen molar-refractivity contribution in [2.45, 2.75) is 30.5 Å². The number of hydrogen-bond acceptors (Lipinski definition) is 7. The largest absolute Gasteiger partial charge is 0.494 e. The van der Waals surface area contributed by atoms with E-state index in [9.17, 15) is 10.1 Å². The van der Waals surface area contributed by atoms with Crippen LogP contribution in [0, 0.1) is 10.1 Å². The van der Waals surface area contributed by atoms with Crippen LogP contribution in [-0.2, 0) is 0 Å². The second-order valence-corrected chi connectivity index (χ2v) is 6.00. The number of non-ortho nitro benzene ring substituents is 1. The van der Waals surface area contributed by atoms with Gasteiger partial charge in [-0.15, -0.1) is 5.10 Å². The van der Waals surface area contributed by atoms with Crippen molar-refractivity contribution >= 4 is 17.4 Å². The van der Waals surface area contributed by atoms with Crippen LogP contribution in [-0.4, -0.2) is 37.5 Å². The molecule has 116 valence electrons. The van der Waals surface area contributed by atoms with Gasteiger partial charge in [0.15, 0.2) is 0 Å². The van der Waals surface area contributed by atoms with E-state index in [1.807, 2.05) is 4.68 Å². The molecule has 0 radical (unpaired) electrons. The van der Waals surface area contributed by atoms with Gasteiger partial charge in [-0.25, -0.2) is 4.68 Å². The standard InChI is InChI=1S/C13H15N5O3S/c19-18(20)11-4-6-12(7-5-11)21-8-1-9-22-13-14-15-16-17(13)10-2-3-10/h4-7,10H,1-3,8-9H2. The molecule has 0 atom stereocenters. The maximum absolute atomic E-state index is 10.5. The fourth-order valence-corrected chi connectivity index (χ4v) is 2.76. The Hall–Kier alpha value is -2.16. The van der Waals surface area contributed by atoms with Gasteiger partial charge in [0.2, 0.25) is 5.16 Å². The third kappa shape index (κ3) is 3.73. The molecule has 0 saturated heterocycles. The van der Waals surface area contributed by atoms with Crippen molar-refractivity contribution in [3.05, 3.63) is 34.4 Å². The van der Waals surface area contributed by atoms with Gasteiger partial charge >= 0.3 is 0 Å². The van der Waals surface area contributed by atoms with E-state index in [1.165, 1.54) is 12.1 Å². The monoisotopic (exact) mass is 321 g/mol. The van der Waals surface area contributed by atoms with Crippen LogP contribution in [0.4, 0.5) is 5.69 Å². The van der Waals surface area contributed by atoms with Gasteiger partial charge in [0, 0.05) is 17.9 Å². The van der Waals surface area contributed by atoms with E-state index in [2.05, 4.69) is 15.5 Å². The highest BCUT2D eigenvalue weighted by Crippen LogP contribution is 2.36. The molecule has 0 aliphatic heterocycles. The summed E-state index contributed by atoms with van der Waals surface area (Å²) < 4.78 is 7.45. The zero-order chi connectivity index (χ0) is 15.4. The molecule has 2 aromatic rings. The van der Waals surface area contributed by atoms with Gasteiger partial charge in [0.1, 0.15) is 5.75 Å². The summed E-state index contributed by atoms with van der Waals surface area (Å²) >= 11 is 1.62.